The van der Waals surface area contributed by atoms with Crippen LogP contribution in [0.5, 0.6) is 5.75 Å². The number of carbonyl (C=O) groups is 6. The molecule has 330 valence electrons. The zero-order chi connectivity index (χ0) is 46.8. The molecule has 4 N–H and O–H groups in total. The van der Waals surface area contributed by atoms with E-state index >= 15 is 0 Å². The van der Waals surface area contributed by atoms with Crippen molar-refractivity contribution in [3.8, 4) is 5.75 Å². The van der Waals surface area contributed by atoms with Gasteiger partial charge in [0.05, 0.1) is 69.7 Å². The lowest BCUT2D eigenvalue weighted by atomic mass is 10.1. The molecule has 64 heavy (non-hydrogen) atoms. The highest BCUT2D eigenvalue weighted by Gasteiger charge is 2.27. The second-order valence-corrected chi connectivity index (χ2v) is 16.3. The predicted molar refractivity (Wildman–Crippen MR) is 249 cm³/mol. The number of rotatable bonds is 16. The van der Waals surface area contributed by atoms with Crippen LogP contribution in [0.1, 0.15) is 41.5 Å². The van der Waals surface area contributed by atoms with Crippen LogP contribution in [-0.2, 0) is 19.2 Å². The van der Waals surface area contributed by atoms with Gasteiger partial charge < -0.3 is 26.0 Å². The molecule has 5 aromatic carbocycles. The molecule has 3 unspecified atom stereocenters. The Bertz CT molecular complexity index is 2690. The van der Waals surface area contributed by atoms with Gasteiger partial charge in [-0.25, -0.2) is 0 Å². The van der Waals surface area contributed by atoms with Crippen LogP contribution < -0.4 is 26.0 Å². The first-order valence-electron chi connectivity index (χ1n) is 18.3. The van der Waals surface area contributed by atoms with Gasteiger partial charge in [-0.2, -0.15) is 20.5 Å². The molecule has 0 heterocycles. The van der Waals surface area contributed by atoms with Gasteiger partial charge in [-0.05, 0) is 93.6 Å². The van der Waals surface area contributed by atoms with Gasteiger partial charge in [0.2, 0.25) is 12.1 Å². The predicted octanol–water partition coefficient (Wildman–Crippen LogP) is 12.4. The van der Waals surface area contributed by atoms with Gasteiger partial charge in [0.15, 0.2) is 17.1 Å². The van der Waals surface area contributed by atoms with Crippen LogP contribution in [0.4, 0.5) is 34.1 Å². The van der Waals surface area contributed by atoms with Crippen molar-refractivity contribution in [1.29, 1.82) is 0 Å². The van der Waals surface area contributed by atoms with Crippen molar-refractivity contribution >= 4 is 151 Å². The monoisotopic (exact) mass is 1000 g/mol. The first-order valence-corrected chi connectivity index (χ1v) is 21.0. The van der Waals surface area contributed by atoms with E-state index in [0.717, 1.165) is 13.8 Å². The molecule has 0 saturated carbocycles. The number of amides is 4. The Morgan fingerprint density at radius 1 is 0.531 bits per heavy atom. The summed E-state index contributed by atoms with van der Waals surface area (Å²) < 4.78 is 5.67. The summed E-state index contributed by atoms with van der Waals surface area (Å²) in [6, 6.07) is 18.2. The van der Waals surface area contributed by atoms with Crippen molar-refractivity contribution in [2.75, 3.05) is 21.3 Å². The number of halogens is 7. The molecule has 0 bridgehead atoms. The second kappa shape index (κ2) is 22.3. The number of hydrogen-bond acceptors (Lipinski definition) is 11. The molecular weight excluding hydrogens is 977 g/mol. The highest BCUT2D eigenvalue weighted by Crippen LogP contribution is 2.34. The van der Waals surface area contributed by atoms with E-state index in [9.17, 15) is 28.8 Å². The Kier molecular flexibility index (Phi) is 17.2. The van der Waals surface area contributed by atoms with Crippen LogP contribution in [-0.4, -0.2) is 52.8 Å². The molecule has 0 radical (unpaired) electrons. The van der Waals surface area contributed by atoms with Crippen molar-refractivity contribution in [2.45, 2.75) is 38.4 Å². The lowest BCUT2D eigenvalue weighted by Gasteiger charge is -2.17. The number of Topliss-reactive ketones (excluding diaryl/α,β-unsaturated/α-hetero) is 2. The number of para-hydroxylation sites is 2. The van der Waals surface area contributed by atoms with Crippen molar-refractivity contribution < 1.29 is 33.5 Å². The Labute approximate surface area is 399 Å². The summed E-state index contributed by atoms with van der Waals surface area (Å²) in [5.41, 5.74) is -0.435. The molecule has 15 nitrogen and oxygen atoms in total. The van der Waals surface area contributed by atoms with Crippen LogP contribution in [0.25, 0.3) is 0 Å². The Morgan fingerprint density at radius 3 is 1.36 bits per heavy atom. The summed E-state index contributed by atoms with van der Waals surface area (Å²) in [5, 5.41) is 27.0. The molecule has 0 aliphatic carbocycles. The molecular formula is C42H31Cl7N8O7. The summed E-state index contributed by atoms with van der Waals surface area (Å²) >= 11 is 43.4. The van der Waals surface area contributed by atoms with Crippen molar-refractivity contribution in [2.24, 2.45) is 20.5 Å². The minimum Gasteiger partial charge on any atom is -0.473 e. The molecule has 5 rings (SSSR count). The van der Waals surface area contributed by atoms with Gasteiger partial charge in [0.25, 0.3) is 23.6 Å². The number of hydrogen-bond donors (Lipinski definition) is 4. The molecule has 0 fully saturated rings. The Balaban J connectivity index is 1.30. The number of benzene rings is 5. The van der Waals surface area contributed by atoms with Crippen molar-refractivity contribution in [3.05, 3.63) is 132 Å². The number of nitrogens with zero attached hydrogens (tertiary/aromatic N) is 4. The maximum Gasteiger partial charge on any atom is 0.258 e. The average Bonchev–Trinajstić information content (AvgIpc) is 3.22. The highest BCUT2D eigenvalue weighted by molar-refractivity contribution is 6.41. The van der Waals surface area contributed by atoms with E-state index in [2.05, 4.69) is 41.7 Å². The fraction of sp³-hybridized carbons (Fsp3) is 0.143. The van der Waals surface area contributed by atoms with Crippen LogP contribution >= 0.6 is 81.2 Å². The third kappa shape index (κ3) is 13.0. The fourth-order valence-corrected chi connectivity index (χ4v) is 6.85. The summed E-state index contributed by atoms with van der Waals surface area (Å²) in [6.45, 7) is 3.74. The number of azo groups is 2. The van der Waals surface area contributed by atoms with E-state index in [1.165, 1.54) is 85.8 Å². The Hall–Kier alpha value is -5.65. The van der Waals surface area contributed by atoms with E-state index in [1.54, 1.807) is 12.1 Å². The quantitative estimate of drug-likeness (QED) is 0.0426. The molecule has 22 heteroatoms. The van der Waals surface area contributed by atoms with Crippen LogP contribution in [0.2, 0.25) is 30.1 Å². The maximum atomic E-state index is 13.5. The summed E-state index contributed by atoms with van der Waals surface area (Å²) in [7, 11) is 0. The standard InChI is InChI=1S/C42H31Cl7N8O7/c1-19(58)35(56-54-23-10-13-27(44)25(16-23)39(60)52-37-29(46)6-4-7-30(37)47)41(62)50-22-12-15-33(34(18-22)64-21(3)43)51-42(63)36(20(2)59)57-55-24-11-14-28(45)26(17-24)40(61)53-38-31(48)8-5-9-32(38)49/h4-18,21,35-36H,1-3H3,(H,50,62)(H,51,63)(H,52,60)(H,53,61). The van der Waals surface area contributed by atoms with Gasteiger partial charge in [-0.3, -0.25) is 28.8 Å². The Morgan fingerprint density at radius 2 is 0.953 bits per heavy atom. The number of anilines is 4. The van der Waals surface area contributed by atoms with Crippen molar-refractivity contribution in [1.82, 2.24) is 0 Å². The topological polar surface area (TPSA) is 209 Å². The van der Waals surface area contributed by atoms with Gasteiger partial charge >= 0.3 is 0 Å². The number of alkyl halides is 1. The lowest BCUT2D eigenvalue weighted by molar-refractivity contribution is -0.127. The number of ketones is 2. The molecule has 3 atom stereocenters. The van der Waals surface area contributed by atoms with Gasteiger partial charge in [-0.15, -0.1) is 0 Å². The number of carbonyl (C=O) groups excluding carboxylic acids is 6. The first-order chi connectivity index (χ1) is 30.3. The summed E-state index contributed by atoms with van der Waals surface area (Å²) in [5.74, 6) is -4.58. The molecule has 0 aliphatic rings. The van der Waals surface area contributed by atoms with E-state index in [-0.39, 0.29) is 81.1 Å². The number of ether oxygens (including phenoxy) is 1. The van der Waals surface area contributed by atoms with E-state index in [1.807, 2.05) is 0 Å². The minimum atomic E-state index is -1.68. The SMILES string of the molecule is CC(=O)C(N=Nc1ccc(Cl)c(C(=O)Nc2c(Cl)cccc2Cl)c1)C(=O)Nc1ccc(NC(=O)C(N=Nc2ccc(Cl)c(C(=O)Nc3c(Cl)cccc3Cl)c2)C(C)=O)c(OC(C)Cl)c1. The normalized spacial score (nSPS) is 12.6. The summed E-state index contributed by atoms with van der Waals surface area (Å²) in [6.07, 6.45) is 0. The van der Waals surface area contributed by atoms with Gasteiger partial charge in [0.1, 0.15) is 5.75 Å². The van der Waals surface area contributed by atoms with E-state index in [0.29, 0.717) is 0 Å². The van der Waals surface area contributed by atoms with Gasteiger partial charge in [0, 0.05) is 11.8 Å². The van der Waals surface area contributed by atoms with Crippen LogP contribution in [0.15, 0.2) is 111 Å². The zero-order valence-electron chi connectivity index (χ0n) is 33.2. The molecule has 4 amide bonds. The highest BCUT2D eigenvalue weighted by atomic mass is 35.5. The van der Waals surface area contributed by atoms with Crippen LogP contribution in [0.3, 0.4) is 0 Å². The molecule has 0 aliphatic heterocycles. The molecule has 0 saturated heterocycles. The zero-order valence-corrected chi connectivity index (χ0v) is 38.5. The van der Waals surface area contributed by atoms with Crippen LogP contribution in [0, 0.1) is 0 Å². The first kappa shape index (κ1) is 49.4. The van der Waals surface area contributed by atoms with E-state index < -0.39 is 52.8 Å². The smallest absolute Gasteiger partial charge is 0.258 e. The summed E-state index contributed by atoms with van der Waals surface area (Å²) in [4.78, 5) is 78.3. The lowest BCUT2D eigenvalue weighted by Crippen LogP contribution is -2.32. The third-order valence-corrected chi connectivity index (χ3v) is 10.4. The minimum absolute atomic E-state index is 0.0165. The second-order valence-electron chi connectivity index (χ2n) is 13.2. The van der Waals surface area contributed by atoms with E-state index in [4.69, 9.17) is 85.9 Å². The molecule has 5 aromatic rings. The average molecular weight is 1010 g/mol. The third-order valence-electron chi connectivity index (χ3n) is 8.43. The molecule has 0 spiro atoms. The maximum absolute atomic E-state index is 13.5. The molecule has 0 aromatic heterocycles. The van der Waals surface area contributed by atoms with Crippen molar-refractivity contribution in [3.63, 3.8) is 0 Å². The number of nitrogens with one attached hydrogen (secondary N) is 4. The fourth-order valence-electron chi connectivity index (χ4n) is 5.37. The van der Waals surface area contributed by atoms with Gasteiger partial charge in [-0.1, -0.05) is 93.3 Å². The largest absolute Gasteiger partial charge is 0.473 e.